The third kappa shape index (κ3) is 3.14. The third-order valence-corrected chi connectivity index (χ3v) is 2.50. The van der Waals surface area contributed by atoms with Gasteiger partial charge in [0.05, 0.1) is 0 Å². The van der Waals surface area contributed by atoms with E-state index in [1.807, 2.05) is 18.2 Å². The van der Waals surface area contributed by atoms with Crippen LogP contribution in [0.2, 0.25) is 0 Å². The van der Waals surface area contributed by atoms with E-state index in [9.17, 15) is 4.79 Å². The molecule has 1 amide bonds. The van der Waals surface area contributed by atoms with Gasteiger partial charge in [-0.05, 0) is 5.56 Å². The smallest absolute Gasteiger partial charge is 0.287 e. The zero-order valence-electron chi connectivity index (χ0n) is 8.38. The van der Waals surface area contributed by atoms with Gasteiger partial charge in [-0.1, -0.05) is 44.2 Å². The SMILES string of the molecule is CC(C)(CNC(=O)Br)c1ccccc1. The van der Waals surface area contributed by atoms with Crippen LogP contribution in [-0.4, -0.2) is 11.4 Å². The molecule has 1 aromatic carbocycles. The Kier molecular flexibility index (Phi) is 3.69. The molecule has 0 bridgehead atoms. The average molecular weight is 256 g/mol. The predicted octanol–water partition coefficient (Wildman–Crippen LogP) is 3.07. The summed E-state index contributed by atoms with van der Waals surface area (Å²) in [4.78, 5) is 10.6. The quantitative estimate of drug-likeness (QED) is 0.653. The van der Waals surface area contributed by atoms with Crippen molar-refractivity contribution in [2.24, 2.45) is 0 Å². The molecule has 0 saturated heterocycles. The number of rotatable bonds is 3. The van der Waals surface area contributed by atoms with Gasteiger partial charge >= 0.3 is 0 Å². The van der Waals surface area contributed by atoms with Crippen molar-refractivity contribution in [1.82, 2.24) is 5.32 Å². The van der Waals surface area contributed by atoms with Gasteiger partial charge in [0.1, 0.15) is 0 Å². The maximum Gasteiger partial charge on any atom is 0.287 e. The van der Waals surface area contributed by atoms with Gasteiger partial charge in [-0.25, -0.2) is 0 Å². The molecule has 1 rings (SSSR count). The van der Waals surface area contributed by atoms with Gasteiger partial charge in [0.2, 0.25) is 0 Å². The normalized spacial score (nSPS) is 11.1. The fourth-order valence-electron chi connectivity index (χ4n) is 1.28. The van der Waals surface area contributed by atoms with Crippen molar-refractivity contribution in [2.45, 2.75) is 19.3 Å². The standard InChI is InChI=1S/C11H14BrNO/c1-11(2,8-13-10(12)14)9-6-4-3-5-7-9/h3-7H,8H2,1-2H3,(H,13,14). The molecular formula is C11H14BrNO. The molecule has 1 N–H and O–H groups in total. The third-order valence-electron chi connectivity index (χ3n) is 2.22. The van der Waals surface area contributed by atoms with E-state index in [4.69, 9.17) is 0 Å². The summed E-state index contributed by atoms with van der Waals surface area (Å²) in [7, 11) is 0. The van der Waals surface area contributed by atoms with Crippen LogP contribution in [0.4, 0.5) is 4.79 Å². The molecule has 0 heterocycles. The van der Waals surface area contributed by atoms with Crippen LogP contribution in [-0.2, 0) is 5.41 Å². The van der Waals surface area contributed by atoms with Crippen LogP contribution in [0.1, 0.15) is 19.4 Å². The second-order valence-corrected chi connectivity index (χ2v) is 4.60. The highest BCUT2D eigenvalue weighted by atomic mass is 79.9. The molecule has 76 valence electrons. The van der Waals surface area contributed by atoms with Gasteiger partial charge in [0.25, 0.3) is 4.82 Å². The Balaban J connectivity index is 2.70. The molecule has 14 heavy (non-hydrogen) atoms. The van der Waals surface area contributed by atoms with Gasteiger partial charge in [0, 0.05) is 27.9 Å². The second-order valence-electron chi connectivity index (χ2n) is 3.88. The van der Waals surface area contributed by atoms with Crippen molar-refractivity contribution >= 4 is 20.7 Å². The number of halogens is 1. The lowest BCUT2D eigenvalue weighted by Crippen LogP contribution is -2.33. The van der Waals surface area contributed by atoms with E-state index in [-0.39, 0.29) is 10.2 Å². The lowest BCUT2D eigenvalue weighted by Gasteiger charge is -2.24. The number of hydrogen-bond donors (Lipinski definition) is 1. The molecule has 0 fully saturated rings. The minimum atomic E-state index is -0.165. The zero-order chi connectivity index (χ0) is 10.6. The lowest BCUT2D eigenvalue weighted by atomic mass is 9.85. The topological polar surface area (TPSA) is 29.1 Å². The summed E-state index contributed by atoms with van der Waals surface area (Å²) < 4.78 is 0. The zero-order valence-corrected chi connectivity index (χ0v) is 9.97. The fourth-order valence-corrected chi connectivity index (χ4v) is 1.42. The molecule has 0 unspecified atom stereocenters. The first-order valence-electron chi connectivity index (χ1n) is 4.51. The molecule has 2 nitrogen and oxygen atoms in total. The predicted molar refractivity (Wildman–Crippen MR) is 61.8 cm³/mol. The molecule has 0 aliphatic heterocycles. The Morgan fingerprint density at radius 2 is 1.93 bits per heavy atom. The van der Waals surface area contributed by atoms with Crippen molar-refractivity contribution < 1.29 is 4.79 Å². The van der Waals surface area contributed by atoms with Crippen molar-refractivity contribution in [3.63, 3.8) is 0 Å². The molecule has 0 saturated carbocycles. The molecule has 0 aliphatic carbocycles. The van der Waals surface area contributed by atoms with E-state index in [0.29, 0.717) is 6.54 Å². The molecule has 0 aromatic heterocycles. The summed E-state index contributed by atoms with van der Waals surface area (Å²) in [6.07, 6.45) is 0. The van der Waals surface area contributed by atoms with Gasteiger partial charge in [-0.3, -0.25) is 4.79 Å². The highest BCUT2D eigenvalue weighted by Gasteiger charge is 2.20. The molecule has 3 heteroatoms. The summed E-state index contributed by atoms with van der Waals surface area (Å²) >= 11 is 2.85. The van der Waals surface area contributed by atoms with Crippen LogP contribution in [0.5, 0.6) is 0 Å². The molecule has 1 aromatic rings. The summed E-state index contributed by atoms with van der Waals surface area (Å²) in [5, 5.41) is 2.76. The van der Waals surface area contributed by atoms with Gasteiger partial charge in [-0.2, -0.15) is 0 Å². The van der Waals surface area contributed by atoms with Crippen LogP contribution in [0.15, 0.2) is 30.3 Å². The maximum absolute atomic E-state index is 10.7. The molecule has 0 spiro atoms. The summed E-state index contributed by atoms with van der Waals surface area (Å²) in [6.45, 7) is 4.83. The van der Waals surface area contributed by atoms with Gasteiger partial charge < -0.3 is 5.32 Å². The summed E-state index contributed by atoms with van der Waals surface area (Å²) in [5.41, 5.74) is 1.19. The van der Waals surface area contributed by atoms with Crippen molar-refractivity contribution in [1.29, 1.82) is 0 Å². The first-order chi connectivity index (χ1) is 6.52. The average Bonchev–Trinajstić information content (AvgIpc) is 2.16. The highest BCUT2D eigenvalue weighted by Crippen LogP contribution is 2.21. The molecular weight excluding hydrogens is 242 g/mol. The summed E-state index contributed by atoms with van der Waals surface area (Å²) in [5.74, 6) is 0. The monoisotopic (exact) mass is 255 g/mol. The number of carbonyl (C=O) groups is 1. The van der Waals surface area contributed by atoms with Crippen LogP contribution in [0, 0.1) is 0 Å². The van der Waals surface area contributed by atoms with E-state index in [2.05, 4.69) is 47.2 Å². The fraction of sp³-hybridized carbons (Fsp3) is 0.364. The minimum absolute atomic E-state index is 0.0370. The Morgan fingerprint density at radius 1 is 1.36 bits per heavy atom. The van der Waals surface area contributed by atoms with Crippen LogP contribution < -0.4 is 5.32 Å². The van der Waals surface area contributed by atoms with Crippen molar-refractivity contribution in [2.75, 3.05) is 6.54 Å². The number of nitrogens with one attached hydrogen (secondary N) is 1. The van der Waals surface area contributed by atoms with Crippen LogP contribution >= 0.6 is 15.9 Å². The number of benzene rings is 1. The van der Waals surface area contributed by atoms with E-state index in [0.717, 1.165) is 0 Å². The summed E-state index contributed by atoms with van der Waals surface area (Å²) in [6, 6.07) is 10.1. The highest BCUT2D eigenvalue weighted by molar-refractivity contribution is 9.18. The van der Waals surface area contributed by atoms with Gasteiger partial charge in [0.15, 0.2) is 0 Å². The Labute approximate surface area is 92.8 Å². The van der Waals surface area contributed by atoms with E-state index < -0.39 is 0 Å². The molecule has 0 atom stereocenters. The maximum atomic E-state index is 10.7. The number of hydrogen-bond acceptors (Lipinski definition) is 1. The van der Waals surface area contributed by atoms with E-state index in [1.54, 1.807) is 0 Å². The Hall–Kier alpha value is -0.830. The van der Waals surface area contributed by atoms with Crippen LogP contribution in [0.25, 0.3) is 0 Å². The van der Waals surface area contributed by atoms with E-state index >= 15 is 0 Å². The first-order valence-corrected chi connectivity index (χ1v) is 5.30. The Bertz CT molecular complexity index is 308. The van der Waals surface area contributed by atoms with Crippen LogP contribution in [0.3, 0.4) is 0 Å². The van der Waals surface area contributed by atoms with Crippen molar-refractivity contribution in [3.05, 3.63) is 35.9 Å². The van der Waals surface area contributed by atoms with Crippen molar-refractivity contribution in [3.8, 4) is 0 Å². The Morgan fingerprint density at radius 3 is 2.43 bits per heavy atom. The largest absolute Gasteiger partial charge is 0.346 e. The number of amides is 1. The van der Waals surface area contributed by atoms with Gasteiger partial charge in [-0.15, -0.1) is 0 Å². The van der Waals surface area contributed by atoms with E-state index in [1.165, 1.54) is 5.56 Å². The molecule has 0 aliphatic rings. The number of carbonyl (C=O) groups excluding carboxylic acids is 1. The lowest BCUT2D eigenvalue weighted by molar-refractivity contribution is 0.259. The minimum Gasteiger partial charge on any atom is -0.346 e. The molecule has 0 radical (unpaired) electrons. The first kappa shape index (κ1) is 11.2. The second kappa shape index (κ2) is 4.60.